The van der Waals surface area contributed by atoms with Crippen molar-refractivity contribution in [3.63, 3.8) is 0 Å². The Morgan fingerprint density at radius 3 is 2.79 bits per heavy atom. The molecule has 1 amide bonds. The first-order valence-electron chi connectivity index (χ1n) is 6.89. The molecule has 0 aromatic carbocycles. The zero-order chi connectivity index (χ0) is 17.5. The first kappa shape index (κ1) is 17.4. The van der Waals surface area contributed by atoms with Crippen LogP contribution >= 0.6 is 11.6 Å². The van der Waals surface area contributed by atoms with Gasteiger partial charge in [-0.1, -0.05) is 24.3 Å². The van der Waals surface area contributed by atoms with Gasteiger partial charge in [0.05, 0.1) is 11.2 Å². The Kier molecular flexibility index (Phi) is 5.81. The molecule has 0 saturated carbocycles. The van der Waals surface area contributed by atoms with E-state index in [0.717, 1.165) is 0 Å². The normalized spacial score (nSPS) is 10.8. The van der Waals surface area contributed by atoms with Crippen LogP contribution in [0, 0.1) is 6.92 Å². The number of carbonyl (C=O) groups is 1. The van der Waals surface area contributed by atoms with Crippen molar-refractivity contribution < 1.29 is 9.53 Å². The van der Waals surface area contributed by atoms with E-state index in [9.17, 15) is 4.79 Å². The minimum atomic E-state index is -0.437. The van der Waals surface area contributed by atoms with Crippen molar-refractivity contribution in [2.75, 3.05) is 0 Å². The summed E-state index contributed by atoms with van der Waals surface area (Å²) in [5.74, 6) is 0.741. The molecular formula is C17H15ClN4O2. The van der Waals surface area contributed by atoms with Crippen LogP contribution in [0.3, 0.4) is 0 Å². The van der Waals surface area contributed by atoms with Gasteiger partial charge in [-0.3, -0.25) is 9.78 Å². The molecular weight excluding hydrogens is 328 g/mol. The van der Waals surface area contributed by atoms with E-state index in [1.54, 1.807) is 19.1 Å². The predicted octanol–water partition coefficient (Wildman–Crippen LogP) is 3.69. The monoisotopic (exact) mass is 342 g/mol. The molecule has 2 rings (SSSR count). The van der Waals surface area contributed by atoms with E-state index < -0.39 is 5.91 Å². The van der Waals surface area contributed by atoms with Crippen LogP contribution in [0.15, 0.2) is 60.1 Å². The summed E-state index contributed by atoms with van der Waals surface area (Å²) in [6, 6.07) is 4.83. The van der Waals surface area contributed by atoms with Gasteiger partial charge in [-0.2, -0.15) is 0 Å². The second-order valence-corrected chi connectivity index (χ2v) is 5.11. The Morgan fingerprint density at radius 2 is 2.12 bits per heavy atom. The quantitative estimate of drug-likeness (QED) is 0.641. The minimum Gasteiger partial charge on any atom is -0.456 e. The van der Waals surface area contributed by atoms with Gasteiger partial charge in [0.2, 0.25) is 0 Å². The van der Waals surface area contributed by atoms with Crippen LogP contribution < -0.4 is 10.1 Å². The number of aromatic nitrogens is 2. The van der Waals surface area contributed by atoms with Gasteiger partial charge in [0.15, 0.2) is 0 Å². The van der Waals surface area contributed by atoms with Crippen molar-refractivity contribution >= 4 is 24.2 Å². The number of carbonyl (C=O) groups excluding carboxylic acids is 1. The van der Waals surface area contributed by atoms with Gasteiger partial charge < -0.3 is 10.1 Å². The summed E-state index contributed by atoms with van der Waals surface area (Å²) in [6.07, 6.45) is 6.04. The van der Waals surface area contributed by atoms with Gasteiger partial charge in [0.1, 0.15) is 23.0 Å². The predicted molar refractivity (Wildman–Crippen MR) is 93.6 cm³/mol. The summed E-state index contributed by atoms with van der Waals surface area (Å²) in [5.41, 5.74) is 0.798. The number of aryl methyl sites for hydroxylation is 1. The molecule has 0 bridgehead atoms. The SMILES string of the molecule is C=C/C=C(\N=C)NC(=O)c1cc(Oc2cncc(Cl)c2)cc(C)n1. The third-order valence-electron chi connectivity index (χ3n) is 2.76. The summed E-state index contributed by atoms with van der Waals surface area (Å²) < 4.78 is 5.68. The highest BCUT2D eigenvalue weighted by Crippen LogP contribution is 2.24. The van der Waals surface area contributed by atoms with Crippen LogP contribution in [0.25, 0.3) is 0 Å². The molecule has 1 N–H and O–H groups in total. The Labute approximate surface area is 144 Å². The molecule has 6 nitrogen and oxygen atoms in total. The zero-order valence-electron chi connectivity index (χ0n) is 13.0. The molecule has 7 heteroatoms. The number of hydrogen-bond acceptors (Lipinski definition) is 5. The summed E-state index contributed by atoms with van der Waals surface area (Å²) >= 11 is 5.88. The molecule has 0 unspecified atom stereocenters. The smallest absolute Gasteiger partial charge is 0.275 e. The molecule has 0 spiro atoms. The number of hydrogen-bond donors (Lipinski definition) is 1. The molecule has 122 valence electrons. The lowest BCUT2D eigenvalue weighted by Crippen LogP contribution is -2.23. The molecule has 0 atom stereocenters. The fraction of sp³-hybridized carbons (Fsp3) is 0.0588. The maximum Gasteiger partial charge on any atom is 0.275 e. The summed E-state index contributed by atoms with van der Waals surface area (Å²) in [6.45, 7) is 8.68. The number of nitrogens with one attached hydrogen (secondary N) is 1. The van der Waals surface area contributed by atoms with Crippen molar-refractivity contribution in [2.24, 2.45) is 4.99 Å². The van der Waals surface area contributed by atoms with E-state index in [1.807, 2.05) is 0 Å². The fourth-order valence-electron chi connectivity index (χ4n) is 1.82. The average molecular weight is 343 g/mol. The number of pyridine rings is 2. The number of nitrogens with zero attached hydrogens (tertiary/aromatic N) is 3. The van der Waals surface area contributed by atoms with Gasteiger partial charge in [0, 0.05) is 30.1 Å². The van der Waals surface area contributed by atoms with Gasteiger partial charge >= 0.3 is 0 Å². The first-order valence-corrected chi connectivity index (χ1v) is 7.27. The lowest BCUT2D eigenvalue weighted by molar-refractivity contribution is 0.0960. The van der Waals surface area contributed by atoms with Gasteiger partial charge in [-0.05, 0) is 19.7 Å². The van der Waals surface area contributed by atoms with E-state index in [1.165, 1.54) is 30.6 Å². The summed E-state index contributed by atoms with van der Waals surface area (Å²) in [7, 11) is 0. The van der Waals surface area contributed by atoms with E-state index in [4.69, 9.17) is 16.3 Å². The topological polar surface area (TPSA) is 76.5 Å². The van der Waals surface area contributed by atoms with E-state index in [0.29, 0.717) is 22.2 Å². The van der Waals surface area contributed by atoms with E-state index >= 15 is 0 Å². The van der Waals surface area contributed by atoms with Gasteiger partial charge in [-0.15, -0.1) is 0 Å². The Hall–Kier alpha value is -2.99. The van der Waals surface area contributed by atoms with Crippen LogP contribution in [0.1, 0.15) is 16.2 Å². The molecule has 0 radical (unpaired) electrons. The van der Waals surface area contributed by atoms with Crippen LogP contribution in [-0.4, -0.2) is 22.6 Å². The van der Waals surface area contributed by atoms with Gasteiger partial charge in [-0.25, -0.2) is 9.98 Å². The molecule has 0 aliphatic heterocycles. The Balaban J connectivity index is 2.24. The molecule has 24 heavy (non-hydrogen) atoms. The van der Waals surface area contributed by atoms with Crippen LogP contribution in [0.5, 0.6) is 11.5 Å². The Bertz CT molecular complexity index is 818. The van der Waals surface area contributed by atoms with Crippen molar-refractivity contribution in [2.45, 2.75) is 6.92 Å². The molecule has 2 heterocycles. The van der Waals surface area contributed by atoms with E-state index in [-0.39, 0.29) is 11.5 Å². The number of aliphatic imine (C=N–C) groups is 1. The number of allylic oxidation sites excluding steroid dienone is 2. The average Bonchev–Trinajstić information content (AvgIpc) is 2.53. The zero-order valence-corrected chi connectivity index (χ0v) is 13.7. The molecule has 0 aliphatic carbocycles. The number of halogens is 1. The summed E-state index contributed by atoms with van der Waals surface area (Å²) in [4.78, 5) is 24.1. The lowest BCUT2D eigenvalue weighted by Gasteiger charge is -2.09. The van der Waals surface area contributed by atoms with Crippen LogP contribution in [0.4, 0.5) is 0 Å². The van der Waals surface area contributed by atoms with Gasteiger partial charge in [0.25, 0.3) is 5.91 Å². The van der Waals surface area contributed by atoms with Crippen molar-refractivity contribution in [3.05, 3.63) is 71.6 Å². The lowest BCUT2D eigenvalue weighted by atomic mass is 10.2. The van der Waals surface area contributed by atoms with Crippen molar-refractivity contribution in [3.8, 4) is 11.5 Å². The highest BCUT2D eigenvalue weighted by molar-refractivity contribution is 6.30. The van der Waals surface area contributed by atoms with Crippen molar-refractivity contribution in [1.29, 1.82) is 0 Å². The number of rotatable bonds is 6. The number of ether oxygens (including phenoxy) is 1. The molecule has 2 aromatic rings. The van der Waals surface area contributed by atoms with Crippen LogP contribution in [-0.2, 0) is 0 Å². The molecule has 0 saturated heterocycles. The second-order valence-electron chi connectivity index (χ2n) is 4.67. The molecule has 2 aromatic heterocycles. The maximum atomic E-state index is 12.3. The second kappa shape index (κ2) is 8.03. The Morgan fingerprint density at radius 1 is 1.33 bits per heavy atom. The van der Waals surface area contributed by atoms with Crippen LogP contribution in [0.2, 0.25) is 5.02 Å². The molecule has 0 aliphatic rings. The molecule has 0 fully saturated rings. The largest absolute Gasteiger partial charge is 0.456 e. The van der Waals surface area contributed by atoms with E-state index in [2.05, 4.69) is 33.6 Å². The highest BCUT2D eigenvalue weighted by Gasteiger charge is 2.12. The highest BCUT2D eigenvalue weighted by atomic mass is 35.5. The standard InChI is InChI=1S/C17H15ClN4O2/c1-4-5-16(19-3)22-17(23)15-8-13(6-11(2)21-15)24-14-7-12(18)9-20-10-14/h4-10H,1,3H2,2H3,(H,22,23)/b16-5+. The third-order valence-corrected chi connectivity index (χ3v) is 2.97. The fourth-order valence-corrected chi connectivity index (χ4v) is 1.99. The first-order chi connectivity index (χ1) is 11.5. The maximum absolute atomic E-state index is 12.3. The minimum absolute atomic E-state index is 0.179. The van der Waals surface area contributed by atoms with Crippen molar-refractivity contribution in [1.82, 2.24) is 15.3 Å². The number of amides is 1. The summed E-state index contributed by atoms with van der Waals surface area (Å²) in [5, 5.41) is 3.03. The third kappa shape index (κ3) is 4.76.